The van der Waals surface area contributed by atoms with E-state index in [1.54, 1.807) is 35.3 Å². The molecule has 2 aromatic carbocycles. The summed E-state index contributed by atoms with van der Waals surface area (Å²) < 4.78 is 16.3. The van der Waals surface area contributed by atoms with Gasteiger partial charge in [0.2, 0.25) is 5.91 Å². The van der Waals surface area contributed by atoms with E-state index in [1.165, 1.54) is 29.5 Å². The van der Waals surface area contributed by atoms with Crippen LogP contribution in [0.1, 0.15) is 28.7 Å². The topological polar surface area (TPSA) is 123 Å². The number of Topliss-reactive ketones (excluding diaryl/α,β-unsaturated/α-hetero) is 2. The van der Waals surface area contributed by atoms with Gasteiger partial charge in [0.1, 0.15) is 29.1 Å². The summed E-state index contributed by atoms with van der Waals surface area (Å²) in [5, 5.41) is 13.7. The molecule has 0 spiro atoms. The van der Waals surface area contributed by atoms with Crippen molar-refractivity contribution < 1.29 is 18.8 Å². The number of hydrogen-bond donors (Lipinski definition) is 1. The average molecular weight is 618 g/mol. The van der Waals surface area contributed by atoms with E-state index in [0.717, 1.165) is 0 Å². The van der Waals surface area contributed by atoms with Crippen LogP contribution in [-0.2, 0) is 22.6 Å². The Morgan fingerprint density at radius 1 is 1.09 bits per heavy atom. The number of rotatable bonds is 9. The Morgan fingerprint density at radius 3 is 2.65 bits per heavy atom. The molecule has 1 amide bonds. The third-order valence-electron chi connectivity index (χ3n) is 7.25. The van der Waals surface area contributed by atoms with E-state index >= 15 is 0 Å². The number of fused-ring (bicyclic) bond motifs is 1. The van der Waals surface area contributed by atoms with Gasteiger partial charge in [-0.15, -0.1) is 10.2 Å². The van der Waals surface area contributed by atoms with Crippen molar-refractivity contribution >= 4 is 62.7 Å². The van der Waals surface area contributed by atoms with Crippen molar-refractivity contribution in [3.63, 3.8) is 0 Å². The molecule has 3 aromatic heterocycles. The molecule has 43 heavy (non-hydrogen) atoms. The Hall–Kier alpha value is -4.55. The van der Waals surface area contributed by atoms with Crippen LogP contribution in [0.4, 0.5) is 15.8 Å². The van der Waals surface area contributed by atoms with Gasteiger partial charge in [-0.25, -0.2) is 14.4 Å². The lowest BCUT2D eigenvalue weighted by Crippen LogP contribution is -2.42. The van der Waals surface area contributed by atoms with Crippen LogP contribution >= 0.6 is 22.9 Å². The van der Waals surface area contributed by atoms with Gasteiger partial charge in [-0.2, -0.15) is 0 Å². The van der Waals surface area contributed by atoms with Gasteiger partial charge >= 0.3 is 0 Å². The van der Waals surface area contributed by atoms with Crippen LogP contribution in [0, 0.1) is 0 Å². The lowest BCUT2D eigenvalue weighted by molar-refractivity contribution is -0.137. The number of anilines is 2. The molecule has 0 unspecified atom stereocenters. The lowest BCUT2D eigenvalue weighted by atomic mass is 10.1. The van der Waals surface area contributed by atoms with Crippen LogP contribution in [0.3, 0.4) is 0 Å². The third-order valence-corrected chi connectivity index (χ3v) is 8.54. The van der Waals surface area contributed by atoms with Gasteiger partial charge in [0.15, 0.2) is 11.6 Å². The second-order valence-corrected chi connectivity index (χ2v) is 11.7. The average Bonchev–Trinajstić information content (AvgIpc) is 3.71. The van der Waals surface area contributed by atoms with E-state index in [-0.39, 0.29) is 37.5 Å². The Kier molecular flexibility index (Phi) is 7.96. The summed E-state index contributed by atoms with van der Waals surface area (Å²) >= 11 is 7.50. The SMILES string of the molecule is CC(=O)c1cn(CC(=O)N2C[C@H](F)C[C@H]2C(=O)Cc2nnc(-c3ccccc3Cl)s2)c2ccc(Nc3cncnc3)cc12. The molecule has 2 atom stereocenters. The Labute approximate surface area is 254 Å². The Morgan fingerprint density at radius 2 is 1.88 bits per heavy atom. The highest BCUT2D eigenvalue weighted by Crippen LogP contribution is 2.32. The summed E-state index contributed by atoms with van der Waals surface area (Å²) in [6.45, 7) is 1.12. The van der Waals surface area contributed by atoms with Crippen molar-refractivity contribution in [3.05, 3.63) is 83.0 Å². The van der Waals surface area contributed by atoms with Crippen LogP contribution in [0.5, 0.6) is 0 Å². The zero-order valence-electron chi connectivity index (χ0n) is 22.9. The minimum atomic E-state index is -1.32. The molecule has 0 aliphatic carbocycles. The number of hydrogen-bond acceptors (Lipinski definition) is 9. The molecule has 0 saturated carbocycles. The molecule has 1 aliphatic rings. The van der Waals surface area contributed by atoms with E-state index in [0.29, 0.717) is 48.4 Å². The first kappa shape index (κ1) is 28.6. The zero-order chi connectivity index (χ0) is 30.1. The summed E-state index contributed by atoms with van der Waals surface area (Å²) in [5.41, 5.74) is 3.21. The van der Waals surface area contributed by atoms with Crippen molar-refractivity contribution in [2.24, 2.45) is 0 Å². The van der Waals surface area contributed by atoms with E-state index in [9.17, 15) is 18.8 Å². The van der Waals surface area contributed by atoms with Crippen molar-refractivity contribution in [2.75, 3.05) is 11.9 Å². The molecule has 218 valence electrons. The molecule has 0 bridgehead atoms. The van der Waals surface area contributed by atoms with E-state index in [4.69, 9.17) is 11.6 Å². The summed E-state index contributed by atoms with van der Waals surface area (Å²) in [6, 6.07) is 11.7. The number of alkyl halides is 1. The van der Waals surface area contributed by atoms with Gasteiger partial charge in [-0.05, 0) is 31.2 Å². The molecule has 0 radical (unpaired) electrons. The fraction of sp³-hybridized carbons (Fsp3) is 0.233. The third kappa shape index (κ3) is 6.02. The Balaban J connectivity index is 1.20. The predicted octanol–water partition coefficient (Wildman–Crippen LogP) is 5.30. The van der Waals surface area contributed by atoms with E-state index in [1.807, 2.05) is 30.3 Å². The standard InChI is InChI=1S/C30H25ClFN7O3S/c1-17(40)23-14-38(25-7-6-19(9-22(23)25)35-20-11-33-16-34-12-20)15-29(42)39-13-18(32)8-26(39)27(41)10-28-36-37-30(43-28)21-4-2-3-5-24(21)31/h2-7,9,11-12,14,16,18,26,35H,8,10,13,15H2,1H3/t18-,26+/m1/s1. The monoisotopic (exact) mass is 617 g/mol. The van der Waals surface area contributed by atoms with Crippen molar-refractivity contribution in [1.82, 2.24) is 29.6 Å². The summed E-state index contributed by atoms with van der Waals surface area (Å²) in [6.07, 6.45) is 4.82. The lowest BCUT2D eigenvalue weighted by Gasteiger charge is -2.23. The van der Waals surface area contributed by atoms with Gasteiger partial charge in [0.05, 0.1) is 42.1 Å². The van der Waals surface area contributed by atoms with Gasteiger partial charge in [-0.1, -0.05) is 41.1 Å². The number of nitrogens with one attached hydrogen (secondary N) is 1. The van der Waals surface area contributed by atoms with Gasteiger partial charge < -0.3 is 14.8 Å². The highest BCUT2D eigenvalue weighted by atomic mass is 35.5. The zero-order valence-corrected chi connectivity index (χ0v) is 24.5. The highest BCUT2D eigenvalue weighted by Gasteiger charge is 2.40. The van der Waals surface area contributed by atoms with E-state index in [2.05, 4.69) is 25.5 Å². The van der Waals surface area contributed by atoms with Crippen LogP contribution < -0.4 is 5.32 Å². The quantitative estimate of drug-likeness (QED) is 0.221. The number of nitrogens with zero attached hydrogens (tertiary/aromatic N) is 6. The summed E-state index contributed by atoms with van der Waals surface area (Å²) in [5.74, 6) is -0.886. The fourth-order valence-corrected chi connectivity index (χ4v) is 6.42. The molecular formula is C30H25ClFN7O3S. The van der Waals surface area contributed by atoms with Crippen LogP contribution in [0.25, 0.3) is 21.5 Å². The summed E-state index contributed by atoms with van der Waals surface area (Å²) in [4.78, 5) is 48.6. The predicted molar refractivity (Wildman–Crippen MR) is 161 cm³/mol. The highest BCUT2D eigenvalue weighted by molar-refractivity contribution is 7.14. The maximum absolute atomic E-state index is 14.6. The maximum atomic E-state index is 14.6. The second kappa shape index (κ2) is 12.0. The molecule has 1 N–H and O–H groups in total. The molecule has 1 aliphatic heterocycles. The summed E-state index contributed by atoms with van der Waals surface area (Å²) in [7, 11) is 0. The number of halogens is 2. The van der Waals surface area contributed by atoms with E-state index < -0.39 is 18.1 Å². The molecule has 1 fully saturated rings. The maximum Gasteiger partial charge on any atom is 0.243 e. The first-order valence-corrected chi connectivity index (χ1v) is 14.7. The number of ketones is 2. The number of carbonyl (C=O) groups is 3. The smallest absolute Gasteiger partial charge is 0.243 e. The Bertz CT molecular complexity index is 1840. The first-order valence-electron chi connectivity index (χ1n) is 13.5. The van der Waals surface area contributed by atoms with Gasteiger partial charge in [0.25, 0.3) is 0 Å². The van der Waals surface area contributed by atoms with Crippen LogP contribution in [0.2, 0.25) is 5.02 Å². The molecular weight excluding hydrogens is 593 g/mol. The molecule has 13 heteroatoms. The van der Waals surface area contributed by atoms with Crippen LogP contribution in [0.15, 0.2) is 67.4 Å². The van der Waals surface area contributed by atoms with Gasteiger partial charge in [0, 0.05) is 40.3 Å². The normalized spacial score (nSPS) is 16.5. The molecule has 10 nitrogen and oxygen atoms in total. The number of benzene rings is 2. The number of carbonyl (C=O) groups excluding carboxylic acids is 3. The number of likely N-dealkylation sites (tertiary alicyclic amines) is 1. The van der Waals surface area contributed by atoms with Crippen molar-refractivity contribution in [2.45, 2.75) is 38.5 Å². The molecule has 5 aromatic rings. The molecule has 1 saturated heterocycles. The minimum absolute atomic E-state index is 0.0769. The van der Waals surface area contributed by atoms with Crippen molar-refractivity contribution in [1.29, 1.82) is 0 Å². The second-order valence-electron chi connectivity index (χ2n) is 10.2. The molecule has 6 rings (SSSR count). The van der Waals surface area contributed by atoms with Crippen molar-refractivity contribution in [3.8, 4) is 10.6 Å². The van der Waals surface area contributed by atoms with Gasteiger partial charge in [-0.3, -0.25) is 14.4 Å². The van der Waals surface area contributed by atoms with Crippen LogP contribution in [-0.4, -0.2) is 65.9 Å². The largest absolute Gasteiger partial charge is 0.353 e. The molecule has 4 heterocycles. The fourth-order valence-electron chi connectivity index (χ4n) is 5.25. The first-order chi connectivity index (χ1) is 20.8. The minimum Gasteiger partial charge on any atom is -0.353 e. The number of aromatic nitrogens is 5. The number of amides is 1.